The molecule has 0 bridgehead atoms. The standard InChI is InChI=1S/C37H28O12/c38-17-25-1-9-29(10-2-25)33(42)46-21-37(22-47-34(43)30-11-3-26(18-39)4-12-30,23-48-35(44)31-13-5-27(19-40)6-14-31)24-49-36(45)32-15-7-28(20-41)8-16-32/h1-20H,21-24H2. The first-order valence-corrected chi connectivity index (χ1v) is 14.6. The molecule has 0 fully saturated rings. The van der Waals surface area contributed by atoms with Gasteiger partial charge in [0.1, 0.15) is 57.0 Å². The molecular formula is C37H28O12. The molecule has 0 heterocycles. The molecule has 4 aromatic carbocycles. The normalized spacial score (nSPS) is 10.6. The van der Waals surface area contributed by atoms with Gasteiger partial charge in [-0.15, -0.1) is 0 Å². The maximum Gasteiger partial charge on any atom is 0.338 e. The summed E-state index contributed by atoms with van der Waals surface area (Å²) in [6, 6.07) is 22.2. The van der Waals surface area contributed by atoms with Crippen LogP contribution >= 0.6 is 0 Å². The van der Waals surface area contributed by atoms with Gasteiger partial charge >= 0.3 is 23.9 Å². The van der Waals surface area contributed by atoms with Crippen LogP contribution in [0, 0.1) is 5.41 Å². The van der Waals surface area contributed by atoms with E-state index in [2.05, 4.69) is 0 Å². The second-order valence-electron chi connectivity index (χ2n) is 10.8. The lowest BCUT2D eigenvalue weighted by atomic mass is 9.92. The molecule has 0 aliphatic heterocycles. The number of carbonyl (C=O) groups excluding carboxylic acids is 8. The molecule has 248 valence electrons. The Bertz CT molecular complexity index is 1550. The van der Waals surface area contributed by atoms with Gasteiger partial charge in [-0.3, -0.25) is 19.2 Å². The van der Waals surface area contributed by atoms with E-state index in [9.17, 15) is 38.4 Å². The lowest BCUT2D eigenvalue weighted by Crippen LogP contribution is -2.44. The monoisotopic (exact) mass is 664 g/mol. The Morgan fingerprint density at radius 1 is 0.367 bits per heavy atom. The molecule has 0 spiro atoms. The number of aldehydes is 4. The molecule has 49 heavy (non-hydrogen) atoms. The van der Waals surface area contributed by atoms with Crippen LogP contribution in [0.25, 0.3) is 0 Å². The molecule has 0 amide bonds. The molecule has 12 heteroatoms. The molecule has 0 radical (unpaired) electrons. The van der Waals surface area contributed by atoms with Gasteiger partial charge in [0.2, 0.25) is 0 Å². The highest BCUT2D eigenvalue weighted by atomic mass is 16.6. The Kier molecular flexibility index (Phi) is 12.1. The lowest BCUT2D eigenvalue weighted by molar-refractivity contribution is -0.0642. The van der Waals surface area contributed by atoms with Gasteiger partial charge in [0.05, 0.1) is 22.3 Å². The fourth-order valence-electron chi connectivity index (χ4n) is 4.25. The molecule has 4 rings (SSSR count). The molecule has 0 unspecified atom stereocenters. The molecule has 0 N–H and O–H groups in total. The van der Waals surface area contributed by atoms with E-state index in [4.69, 9.17) is 18.9 Å². The maximum atomic E-state index is 13.0. The second kappa shape index (κ2) is 16.8. The third-order valence-corrected chi connectivity index (χ3v) is 7.17. The van der Waals surface area contributed by atoms with Crippen molar-refractivity contribution in [3.05, 3.63) is 142 Å². The summed E-state index contributed by atoms with van der Waals surface area (Å²) < 4.78 is 22.2. The Balaban J connectivity index is 1.63. The number of hydrogen-bond donors (Lipinski definition) is 0. The van der Waals surface area contributed by atoms with Crippen molar-refractivity contribution >= 4 is 49.0 Å². The van der Waals surface area contributed by atoms with Crippen LogP contribution in [0.1, 0.15) is 82.9 Å². The van der Waals surface area contributed by atoms with Gasteiger partial charge in [0.25, 0.3) is 0 Å². The van der Waals surface area contributed by atoms with Gasteiger partial charge in [-0.25, -0.2) is 19.2 Å². The summed E-state index contributed by atoms with van der Waals surface area (Å²) in [5.41, 5.74) is -0.0936. The zero-order valence-electron chi connectivity index (χ0n) is 25.8. The van der Waals surface area contributed by atoms with Crippen molar-refractivity contribution in [2.45, 2.75) is 0 Å². The third-order valence-electron chi connectivity index (χ3n) is 7.17. The van der Waals surface area contributed by atoms with Gasteiger partial charge in [-0.1, -0.05) is 48.5 Å². The van der Waals surface area contributed by atoms with Crippen molar-refractivity contribution in [1.29, 1.82) is 0 Å². The third kappa shape index (κ3) is 9.72. The van der Waals surface area contributed by atoms with Gasteiger partial charge in [-0.2, -0.15) is 0 Å². The highest BCUT2D eigenvalue weighted by molar-refractivity contribution is 5.92. The number of ether oxygens (including phenoxy) is 4. The van der Waals surface area contributed by atoms with Gasteiger partial charge in [0, 0.05) is 22.3 Å². The van der Waals surface area contributed by atoms with Crippen molar-refractivity contribution in [3.63, 3.8) is 0 Å². The highest BCUT2D eigenvalue weighted by Gasteiger charge is 2.38. The van der Waals surface area contributed by atoms with Crippen LogP contribution in [0.2, 0.25) is 0 Å². The van der Waals surface area contributed by atoms with Gasteiger partial charge < -0.3 is 18.9 Å². The number of carbonyl (C=O) groups is 8. The molecule has 0 atom stereocenters. The smallest absolute Gasteiger partial charge is 0.338 e. The second-order valence-corrected chi connectivity index (χ2v) is 10.8. The first kappa shape index (κ1) is 35.3. The number of hydrogen-bond acceptors (Lipinski definition) is 12. The lowest BCUT2D eigenvalue weighted by Gasteiger charge is -2.31. The minimum Gasteiger partial charge on any atom is -0.461 e. The molecule has 0 saturated carbocycles. The van der Waals surface area contributed by atoms with Gasteiger partial charge in [-0.05, 0) is 48.5 Å². The fourth-order valence-corrected chi connectivity index (χ4v) is 4.25. The summed E-state index contributed by atoms with van der Waals surface area (Å²) in [7, 11) is 0. The first-order chi connectivity index (χ1) is 23.7. The molecular weight excluding hydrogens is 636 g/mol. The quantitative estimate of drug-likeness (QED) is 0.0923. The van der Waals surface area contributed by atoms with Crippen LogP contribution in [-0.2, 0) is 18.9 Å². The Labute approximate surface area is 279 Å². The summed E-state index contributed by atoms with van der Waals surface area (Å²) in [5, 5.41) is 0. The molecule has 0 aliphatic carbocycles. The first-order valence-electron chi connectivity index (χ1n) is 14.6. The highest BCUT2D eigenvalue weighted by Crippen LogP contribution is 2.24. The zero-order valence-corrected chi connectivity index (χ0v) is 25.8. The van der Waals surface area contributed by atoms with Crippen LogP contribution in [0.5, 0.6) is 0 Å². The fraction of sp³-hybridized carbons (Fsp3) is 0.135. The maximum absolute atomic E-state index is 13.0. The van der Waals surface area contributed by atoms with Gasteiger partial charge in [0.15, 0.2) is 0 Å². The Hall–Kier alpha value is -6.56. The SMILES string of the molecule is O=Cc1ccc(C(=O)OCC(COC(=O)c2ccc(C=O)cc2)(COC(=O)c2ccc(C=O)cc2)COC(=O)c2ccc(C=O)cc2)cc1. The zero-order chi connectivity index (χ0) is 35.2. The van der Waals surface area contributed by atoms with E-state index in [0.29, 0.717) is 47.4 Å². The van der Waals surface area contributed by atoms with E-state index in [0.717, 1.165) is 0 Å². The minimum atomic E-state index is -1.67. The molecule has 0 aromatic heterocycles. The number of esters is 4. The predicted molar refractivity (Wildman–Crippen MR) is 171 cm³/mol. The summed E-state index contributed by atoms with van der Waals surface area (Å²) in [6.45, 7) is -2.36. The van der Waals surface area contributed by atoms with Crippen molar-refractivity contribution in [3.8, 4) is 0 Å². The number of rotatable bonds is 16. The van der Waals surface area contributed by atoms with Crippen molar-refractivity contribution < 1.29 is 57.3 Å². The van der Waals surface area contributed by atoms with Crippen LogP contribution in [-0.4, -0.2) is 75.4 Å². The summed E-state index contributed by atoms with van der Waals surface area (Å²) in [6.07, 6.45) is 2.40. The largest absolute Gasteiger partial charge is 0.461 e. The molecule has 0 aliphatic rings. The van der Waals surface area contributed by atoms with E-state index in [1.165, 1.54) is 97.1 Å². The van der Waals surface area contributed by atoms with Crippen molar-refractivity contribution in [2.75, 3.05) is 26.4 Å². The molecule has 0 saturated heterocycles. The van der Waals surface area contributed by atoms with Crippen LogP contribution in [0.3, 0.4) is 0 Å². The topological polar surface area (TPSA) is 173 Å². The predicted octanol–water partition coefficient (Wildman–Crippen LogP) is 4.65. The van der Waals surface area contributed by atoms with Crippen LogP contribution < -0.4 is 0 Å². The number of benzene rings is 4. The van der Waals surface area contributed by atoms with E-state index in [1.807, 2.05) is 0 Å². The average molecular weight is 665 g/mol. The van der Waals surface area contributed by atoms with E-state index >= 15 is 0 Å². The van der Waals surface area contributed by atoms with E-state index < -0.39 is 55.7 Å². The van der Waals surface area contributed by atoms with Crippen LogP contribution in [0.4, 0.5) is 0 Å². The molecule has 4 aromatic rings. The average Bonchev–Trinajstić information content (AvgIpc) is 3.16. The Morgan fingerprint density at radius 3 is 0.714 bits per heavy atom. The van der Waals surface area contributed by atoms with E-state index in [1.54, 1.807) is 0 Å². The summed E-state index contributed by atoms with van der Waals surface area (Å²) >= 11 is 0. The summed E-state index contributed by atoms with van der Waals surface area (Å²) in [4.78, 5) is 96.3. The van der Waals surface area contributed by atoms with E-state index in [-0.39, 0.29) is 22.3 Å². The minimum absolute atomic E-state index is 0.0753. The molecule has 12 nitrogen and oxygen atoms in total. The summed E-state index contributed by atoms with van der Waals surface area (Å²) in [5.74, 6) is -3.37. The van der Waals surface area contributed by atoms with Crippen molar-refractivity contribution in [2.24, 2.45) is 5.41 Å². The Morgan fingerprint density at radius 2 is 0.551 bits per heavy atom. The van der Waals surface area contributed by atoms with Crippen LogP contribution in [0.15, 0.2) is 97.1 Å². The van der Waals surface area contributed by atoms with Crippen molar-refractivity contribution in [1.82, 2.24) is 0 Å².